The minimum atomic E-state index is -1.28. The van der Waals surface area contributed by atoms with E-state index in [2.05, 4.69) is 32.9 Å². The molecule has 1 aliphatic carbocycles. The molecule has 2 atom stereocenters. The number of ether oxygens (including phenoxy) is 2. The molecule has 4 aromatic carbocycles. The van der Waals surface area contributed by atoms with Crippen LogP contribution in [0.2, 0.25) is 0 Å². The Hall–Kier alpha value is -4.39. The predicted octanol–water partition coefficient (Wildman–Crippen LogP) is 9.21. The summed E-state index contributed by atoms with van der Waals surface area (Å²) in [6.45, 7) is 6.70. The lowest BCUT2D eigenvalue weighted by Gasteiger charge is -2.22. The number of hydrogen-bond acceptors (Lipinski definition) is 3. The van der Waals surface area contributed by atoms with E-state index in [0.29, 0.717) is 35.6 Å². The molecule has 1 aliphatic rings. The lowest BCUT2D eigenvalue weighted by atomic mass is 9.86. The van der Waals surface area contributed by atoms with Crippen molar-refractivity contribution in [3.8, 4) is 11.5 Å². The normalized spacial score (nSPS) is 16.6. The second kappa shape index (κ2) is 12.1. The van der Waals surface area contributed by atoms with Gasteiger partial charge in [0.15, 0.2) is 17.3 Å². The van der Waals surface area contributed by atoms with Gasteiger partial charge in [0.05, 0.1) is 12.7 Å². The molecule has 222 valence electrons. The van der Waals surface area contributed by atoms with Gasteiger partial charge in [0.2, 0.25) is 0 Å². The molecule has 0 saturated carbocycles. The largest absolute Gasteiger partial charge is 0.493 e. The monoisotopic (exact) mass is 588 g/mol. The van der Waals surface area contributed by atoms with Crippen LogP contribution in [0.1, 0.15) is 71.6 Å². The third-order valence-electron chi connectivity index (χ3n) is 7.84. The number of methoxy groups -OCH3 is 1. The molecule has 0 spiro atoms. The Morgan fingerprint density at radius 2 is 1.51 bits per heavy atom. The Morgan fingerprint density at radius 3 is 2.12 bits per heavy atom. The summed E-state index contributed by atoms with van der Waals surface area (Å²) in [5.41, 5.74) is 2.80. The molecule has 0 saturated heterocycles. The van der Waals surface area contributed by atoms with E-state index in [-0.39, 0.29) is 23.5 Å². The van der Waals surface area contributed by atoms with Gasteiger partial charge in [-0.2, -0.15) is 0 Å². The number of halogens is 4. The van der Waals surface area contributed by atoms with Gasteiger partial charge in [-0.15, -0.1) is 0 Å². The molecule has 0 aliphatic heterocycles. The van der Waals surface area contributed by atoms with E-state index in [1.54, 1.807) is 36.4 Å². The zero-order valence-electron chi connectivity index (χ0n) is 24.4. The highest BCUT2D eigenvalue weighted by atomic mass is 19.1. The van der Waals surface area contributed by atoms with Gasteiger partial charge in [0.1, 0.15) is 29.9 Å². The van der Waals surface area contributed by atoms with Crippen molar-refractivity contribution in [1.29, 1.82) is 0 Å². The van der Waals surface area contributed by atoms with Gasteiger partial charge in [-0.3, -0.25) is 4.79 Å². The van der Waals surface area contributed by atoms with Crippen molar-refractivity contribution in [2.24, 2.45) is 0 Å². The summed E-state index contributed by atoms with van der Waals surface area (Å²) < 4.78 is 68.8. The summed E-state index contributed by atoms with van der Waals surface area (Å²) >= 11 is 0. The van der Waals surface area contributed by atoms with Crippen molar-refractivity contribution in [3.05, 3.63) is 142 Å². The first-order chi connectivity index (χ1) is 20.5. The first-order valence-corrected chi connectivity index (χ1v) is 14.0. The fraction of sp³-hybridized carbons (Fsp3) is 0.250. The second-order valence-electron chi connectivity index (χ2n) is 11.8. The molecule has 0 fully saturated rings. The van der Waals surface area contributed by atoms with Crippen LogP contribution < -0.4 is 9.47 Å². The Kier molecular flexibility index (Phi) is 8.45. The Balaban J connectivity index is 1.50. The van der Waals surface area contributed by atoms with E-state index < -0.39 is 40.5 Å². The summed E-state index contributed by atoms with van der Waals surface area (Å²) in [6, 6.07) is 20.3. The average Bonchev–Trinajstić information content (AvgIpc) is 3.41. The van der Waals surface area contributed by atoms with E-state index in [4.69, 9.17) is 9.47 Å². The number of carbonyl (C=O) groups is 1. The van der Waals surface area contributed by atoms with Crippen LogP contribution in [-0.2, 0) is 12.0 Å². The maximum absolute atomic E-state index is 14.8. The van der Waals surface area contributed by atoms with Crippen molar-refractivity contribution in [3.63, 3.8) is 0 Å². The smallest absolute Gasteiger partial charge is 0.195 e. The SMILES string of the molecule is COc1c(OCc2ccc(C(C)(C)C)cc2)cccc1[C@H]1CC(c2ccc(F)cc2)C=C1C(=O)c1c(F)cc(F)cc1F. The van der Waals surface area contributed by atoms with Crippen LogP contribution in [0, 0.1) is 23.3 Å². The number of para-hydroxylation sites is 1. The number of ketones is 1. The molecular formula is C36H32F4O3. The maximum Gasteiger partial charge on any atom is 0.195 e. The van der Waals surface area contributed by atoms with Gasteiger partial charge >= 0.3 is 0 Å². The van der Waals surface area contributed by atoms with Crippen LogP contribution in [-0.4, -0.2) is 12.9 Å². The van der Waals surface area contributed by atoms with Crippen LogP contribution in [0.5, 0.6) is 11.5 Å². The van der Waals surface area contributed by atoms with Gasteiger partial charge in [0, 0.05) is 35.1 Å². The topological polar surface area (TPSA) is 35.5 Å². The minimum Gasteiger partial charge on any atom is -0.493 e. The first-order valence-electron chi connectivity index (χ1n) is 14.0. The molecule has 5 rings (SSSR count). The van der Waals surface area contributed by atoms with Crippen molar-refractivity contribution < 1.29 is 31.8 Å². The molecule has 0 heterocycles. The van der Waals surface area contributed by atoms with Crippen LogP contribution in [0.25, 0.3) is 0 Å². The van der Waals surface area contributed by atoms with E-state index in [1.807, 2.05) is 12.1 Å². The highest BCUT2D eigenvalue weighted by molar-refractivity contribution is 6.10. The molecule has 43 heavy (non-hydrogen) atoms. The molecule has 7 heteroatoms. The minimum absolute atomic E-state index is 0.0202. The third kappa shape index (κ3) is 6.36. The highest BCUT2D eigenvalue weighted by Crippen LogP contribution is 2.49. The molecular weight excluding hydrogens is 556 g/mol. The quantitative estimate of drug-likeness (QED) is 0.152. The fourth-order valence-electron chi connectivity index (χ4n) is 5.56. The molecule has 4 aromatic rings. The average molecular weight is 589 g/mol. The van der Waals surface area contributed by atoms with Gasteiger partial charge in [-0.05, 0) is 46.7 Å². The summed E-state index contributed by atoms with van der Waals surface area (Å²) in [6.07, 6.45) is 2.00. The van der Waals surface area contributed by atoms with E-state index >= 15 is 0 Å². The summed E-state index contributed by atoms with van der Waals surface area (Å²) in [4.78, 5) is 13.7. The molecule has 3 nitrogen and oxygen atoms in total. The van der Waals surface area contributed by atoms with Crippen LogP contribution in [0.15, 0.2) is 90.5 Å². The molecule has 0 N–H and O–H groups in total. The predicted molar refractivity (Wildman–Crippen MR) is 158 cm³/mol. The Labute approximate surface area is 248 Å². The number of benzene rings is 4. The number of carbonyl (C=O) groups excluding carboxylic acids is 1. The second-order valence-corrected chi connectivity index (χ2v) is 11.8. The standard InChI is InChI=1S/C36H32F4O3/c1-36(2,3)24-12-8-21(9-13-24)20-43-32-7-5-6-27(35(32)42-4)28-16-23(22-10-14-25(37)15-11-22)17-29(28)34(41)33-30(39)18-26(38)19-31(33)40/h5-15,17-19,23,28H,16,20H2,1-4H3/t23?,28-/m1/s1. The number of rotatable bonds is 8. The molecule has 0 bridgehead atoms. The summed E-state index contributed by atoms with van der Waals surface area (Å²) in [5, 5.41) is 0. The number of hydrogen-bond donors (Lipinski definition) is 0. The molecule has 0 aromatic heterocycles. The van der Waals surface area contributed by atoms with Crippen molar-refractivity contribution in [2.75, 3.05) is 7.11 Å². The summed E-state index contributed by atoms with van der Waals surface area (Å²) in [5.74, 6) is -5.16. The van der Waals surface area contributed by atoms with Crippen molar-refractivity contribution >= 4 is 5.78 Å². The van der Waals surface area contributed by atoms with Crippen LogP contribution in [0.4, 0.5) is 17.6 Å². The highest BCUT2D eigenvalue weighted by Gasteiger charge is 2.37. The van der Waals surface area contributed by atoms with Gasteiger partial charge < -0.3 is 9.47 Å². The van der Waals surface area contributed by atoms with Crippen molar-refractivity contribution in [2.45, 2.75) is 51.0 Å². The molecule has 0 radical (unpaired) electrons. The van der Waals surface area contributed by atoms with E-state index in [1.165, 1.54) is 24.8 Å². The lowest BCUT2D eigenvalue weighted by molar-refractivity contribution is 0.102. The zero-order chi connectivity index (χ0) is 30.9. The van der Waals surface area contributed by atoms with E-state index in [0.717, 1.165) is 11.1 Å². The van der Waals surface area contributed by atoms with Gasteiger partial charge in [0.25, 0.3) is 0 Å². The summed E-state index contributed by atoms with van der Waals surface area (Å²) in [7, 11) is 1.49. The van der Waals surface area contributed by atoms with Gasteiger partial charge in [-0.1, -0.05) is 75.4 Å². The van der Waals surface area contributed by atoms with E-state index in [9.17, 15) is 22.4 Å². The van der Waals surface area contributed by atoms with Crippen molar-refractivity contribution in [1.82, 2.24) is 0 Å². The lowest BCUT2D eigenvalue weighted by Crippen LogP contribution is -2.14. The maximum atomic E-state index is 14.8. The number of allylic oxidation sites excluding steroid dienone is 2. The van der Waals surface area contributed by atoms with Crippen LogP contribution >= 0.6 is 0 Å². The third-order valence-corrected chi connectivity index (χ3v) is 7.84. The molecule has 1 unspecified atom stereocenters. The Morgan fingerprint density at radius 1 is 0.860 bits per heavy atom. The molecule has 0 amide bonds. The van der Waals surface area contributed by atoms with Crippen LogP contribution in [0.3, 0.4) is 0 Å². The fourth-order valence-corrected chi connectivity index (χ4v) is 5.56. The first kappa shape index (κ1) is 30.1. The Bertz CT molecular complexity index is 1650. The zero-order valence-corrected chi connectivity index (χ0v) is 24.4. The van der Waals surface area contributed by atoms with Gasteiger partial charge in [-0.25, -0.2) is 17.6 Å². The number of Topliss-reactive ketones (excluding diaryl/α,β-unsaturated/α-hetero) is 1.